The molecule has 2 aromatic carbocycles. The van der Waals surface area contributed by atoms with Crippen molar-refractivity contribution in [3.8, 4) is 23.0 Å². The van der Waals surface area contributed by atoms with Gasteiger partial charge in [0, 0.05) is 28.9 Å². The van der Waals surface area contributed by atoms with E-state index in [1.807, 2.05) is 32.1 Å². The Kier molecular flexibility index (Phi) is 7.91. The summed E-state index contributed by atoms with van der Waals surface area (Å²) < 4.78 is 50.7. The molecule has 2 saturated carbocycles. The van der Waals surface area contributed by atoms with E-state index in [9.17, 15) is 13.6 Å². The standard InChI is InChI=1S/C16H19FO2.C15H17FO3/c1-3-10-5-6-11-12-7-8-13(18-4-2)15(17)16(12)19-14(11)9-10;1-2-18-12-6-5-11-10-4-3-9(8-17)7-13(10)19-15(11)14(12)16/h3,7-8,10-11,14H,1,4-6,9H2,2H3;5-6,8-10,13H,2-4,7H2,1H3/t10?,11-,14?;9?,10-,13?/m00/s1. The van der Waals surface area contributed by atoms with Gasteiger partial charge < -0.3 is 23.7 Å². The molecule has 0 radical (unpaired) electrons. The van der Waals surface area contributed by atoms with E-state index in [1.54, 1.807) is 12.1 Å². The van der Waals surface area contributed by atoms with Gasteiger partial charge in [0.15, 0.2) is 23.0 Å². The van der Waals surface area contributed by atoms with Gasteiger partial charge in [0.1, 0.15) is 18.5 Å². The van der Waals surface area contributed by atoms with Gasteiger partial charge >= 0.3 is 0 Å². The third-order valence-electron chi connectivity index (χ3n) is 8.31. The first kappa shape index (κ1) is 26.5. The van der Waals surface area contributed by atoms with Crippen molar-refractivity contribution in [3.05, 3.63) is 59.7 Å². The number of carbonyl (C=O) groups is 1. The molecule has 2 heterocycles. The highest BCUT2D eigenvalue weighted by Crippen LogP contribution is 2.50. The summed E-state index contributed by atoms with van der Waals surface area (Å²) in [5.74, 6) is 1.60. The van der Waals surface area contributed by atoms with Crippen molar-refractivity contribution in [2.24, 2.45) is 11.8 Å². The number of rotatable bonds is 6. The third-order valence-corrected chi connectivity index (χ3v) is 8.31. The molecule has 6 rings (SSSR count). The van der Waals surface area contributed by atoms with Gasteiger partial charge in [-0.25, -0.2) is 0 Å². The van der Waals surface area contributed by atoms with E-state index in [0.717, 1.165) is 49.5 Å². The molecule has 204 valence electrons. The fourth-order valence-corrected chi connectivity index (χ4v) is 6.40. The van der Waals surface area contributed by atoms with E-state index >= 15 is 0 Å². The Balaban J connectivity index is 0.000000155. The number of carbonyl (C=O) groups excluding carboxylic acids is 1. The van der Waals surface area contributed by atoms with Gasteiger partial charge in [0.05, 0.1) is 13.2 Å². The van der Waals surface area contributed by atoms with E-state index in [1.165, 1.54) is 0 Å². The van der Waals surface area contributed by atoms with Gasteiger partial charge in [-0.1, -0.05) is 18.2 Å². The molecule has 5 nitrogen and oxygen atoms in total. The second-order valence-corrected chi connectivity index (χ2v) is 10.5. The summed E-state index contributed by atoms with van der Waals surface area (Å²) >= 11 is 0. The summed E-state index contributed by atoms with van der Waals surface area (Å²) in [6.45, 7) is 8.41. The lowest BCUT2D eigenvalue weighted by molar-refractivity contribution is -0.112. The molecule has 2 aliphatic carbocycles. The molecule has 6 atom stereocenters. The Morgan fingerprint density at radius 2 is 1.29 bits per heavy atom. The maximum atomic E-state index is 14.3. The predicted molar refractivity (Wildman–Crippen MR) is 140 cm³/mol. The molecule has 7 heteroatoms. The van der Waals surface area contributed by atoms with Crippen LogP contribution in [0.2, 0.25) is 0 Å². The van der Waals surface area contributed by atoms with Gasteiger partial charge in [0.25, 0.3) is 0 Å². The zero-order valence-electron chi connectivity index (χ0n) is 22.1. The lowest BCUT2D eigenvalue weighted by Gasteiger charge is -2.29. The molecule has 2 aliphatic heterocycles. The van der Waals surface area contributed by atoms with E-state index in [-0.39, 0.29) is 35.6 Å². The maximum absolute atomic E-state index is 14.3. The number of ether oxygens (including phenoxy) is 4. The van der Waals surface area contributed by atoms with Crippen LogP contribution in [0.5, 0.6) is 23.0 Å². The number of allylic oxidation sites excluding steroid dienone is 1. The molecular formula is C31H36F2O5. The van der Waals surface area contributed by atoms with E-state index < -0.39 is 5.82 Å². The number of fused-ring (bicyclic) bond motifs is 6. The summed E-state index contributed by atoms with van der Waals surface area (Å²) in [6, 6.07) is 7.26. The zero-order valence-corrected chi connectivity index (χ0v) is 22.1. The van der Waals surface area contributed by atoms with Crippen molar-refractivity contribution in [2.75, 3.05) is 13.2 Å². The monoisotopic (exact) mass is 526 g/mol. The molecule has 38 heavy (non-hydrogen) atoms. The molecule has 0 saturated heterocycles. The fourth-order valence-electron chi connectivity index (χ4n) is 6.40. The number of halogens is 2. The van der Waals surface area contributed by atoms with Crippen molar-refractivity contribution in [2.45, 2.75) is 76.4 Å². The topological polar surface area (TPSA) is 54.0 Å². The highest BCUT2D eigenvalue weighted by molar-refractivity contribution is 5.55. The molecule has 0 amide bonds. The average Bonchev–Trinajstić information content (AvgIpc) is 3.50. The van der Waals surface area contributed by atoms with E-state index in [2.05, 4.69) is 6.58 Å². The van der Waals surface area contributed by atoms with Gasteiger partial charge in [0.2, 0.25) is 11.6 Å². The molecule has 4 aliphatic rings. The minimum absolute atomic E-state index is 0.0463. The van der Waals surface area contributed by atoms with Crippen LogP contribution in [0.4, 0.5) is 8.78 Å². The van der Waals surface area contributed by atoms with Gasteiger partial charge in [-0.05, 0) is 70.4 Å². The third kappa shape index (κ3) is 4.87. The summed E-state index contributed by atoms with van der Waals surface area (Å²) in [7, 11) is 0. The number of aldehydes is 1. The Labute approximate surface area is 223 Å². The minimum Gasteiger partial charge on any atom is -0.491 e. The van der Waals surface area contributed by atoms with Crippen LogP contribution in [0.1, 0.15) is 75.3 Å². The van der Waals surface area contributed by atoms with Crippen molar-refractivity contribution < 1.29 is 32.5 Å². The van der Waals surface area contributed by atoms with Crippen LogP contribution >= 0.6 is 0 Å². The molecule has 0 bridgehead atoms. The molecular weight excluding hydrogens is 490 g/mol. The molecule has 0 N–H and O–H groups in total. The van der Waals surface area contributed by atoms with Crippen LogP contribution in [0.3, 0.4) is 0 Å². The van der Waals surface area contributed by atoms with Crippen LogP contribution in [-0.4, -0.2) is 31.7 Å². The fraction of sp³-hybridized carbons (Fsp3) is 0.516. The Morgan fingerprint density at radius 3 is 1.74 bits per heavy atom. The van der Waals surface area contributed by atoms with Crippen LogP contribution < -0.4 is 18.9 Å². The van der Waals surface area contributed by atoms with E-state index in [0.29, 0.717) is 48.7 Å². The van der Waals surface area contributed by atoms with Crippen LogP contribution in [0.25, 0.3) is 0 Å². The number of benzene rings is 2. The van der Waals surface area contributed by atoms with E-state index in [4.69, 9.17) is 18.9 Å². The Bertz CT molecular complexity index is 1090. The minimum atomic E-state index is -0.406. The summed E-state index contributed by atoms with van der Waals surface area (Å²) in [5, 5.41) is 0. The highest BCUT2D eigenvalue weighted by atomic mass is 19.1. The lowest BCUT2D eigenvalue weighted by Crippen LogP contribution is -2.28. The molecule has 2 aromatic rings. The first-order valence-electron chi connectivity index (χ1n) is 13.8. The quantitative estimate of drug-likeness (QED) is 0.296. The summed E-state index contributed by atoms with van der Waals surface area (Å²) in [4.78, 5) is 10.9. The average molecular weight is 527 g/mol. The van der Waals surface area contributed by atoms with Crippen molar-refractivity contribution in [3.63, 3.8) is 0 Å². The first-order chi connectivity index (χ1) is 18.5. The Hall–Kier alpha value is -3.09. The SMILES string of the molecule is C=CC1CC[C@H]2c3ccc(OCC)c(F)c3OC2C1.CCOc1ccc2c(c1F)OC1CC(C=O)CC[C@@H]21. The molecule has 2 fully saturated rings. The smallest absolute Gasteiger partial charge is 0.207 e. The second kappa shape index (κ2) is 11.3. The van der Waals surface area contributed by atoms with Crippen LogP contribution in [-0.2, 0) is 4.79 Å². The maximum Gasteiger partial charge on any atom is 0.207 e. The molecule has 0 aromatic heterocycles. The lowest BCUT2D eigenvalue weighted by atomic mass is 9.78. The number of hydrogen-bond acceptors (Lipinski definition) is 5. The van der Waals surface area contributed by atoms with Crippen molar-refractivity contribution >= 4 is 6.29 Å². The highest BCUT2D eigenvalue weighted by Gasteiger charge is 2.42. The second-order valence-electron chi connectivity index (χ2n) is 10.5. The molecule has 0 spiro atoms. The zero-order chi connectivity index (χ0) is 26.8. The summed E-state index contributed by atoms with van der Waals surface area (Å²) in [5.41, 5.74) is 1.93. The molecule has 4 unspecified atom stereocenters. The number of hydrogen-bond donors (Lipinski definition) is 0. The van der Waals surface area contributed by atoms with Crippen LogP contribution in [0.15, 0.2) is 36.9 Å². The van der Waals surface area contributed by atoms with Gasteiger partial charge in [-0.2, -0.15) is 8.78 Å². The predicted octanol–water partition coefficient (Wildman–Crippen LogP) is 7.12. The van der Waals surface area contributed by atoms with Gasteiger partial charge in [-0.3, -0.25) is 0 Å². The van der Waals surface area contributed by atoms with Crippen LogP contribution in [0, 0.1) is 23.5 Å². The first-order valence-corrected chi connectivity index (χ1v) is 13.8. The normalized spacial score (nSPS) is 28.2. The summed E-state index contributed by atoms with van der Waals surface area (Å²) in [6.07, 6.45) is 8.54. The van der Waals surface area contributed by atoms with Crippen molar-refractivity contribution in [1.29, 1.82) is 0 Å². The van der Waals surface area contributed by atoms with Crippen molar-refractivity contribution in [1.82, 2.24) is 0 Å². The van der Waals surface area contributed by atoms with Gasteiger partial charge in [-0.15, -0.1) is 6.58 Å². The largest absolute Gasteiger partial charge is 0.491 e. The Morgan fingerprint density at radius 1 is 0.816 bits per heavy atom.